The van der Waals surface area contributed by atoms with Crippen molar-refractivity contribution in [1.29, 1.82) is 0 Å². The molecule has 2 aromatic heterocycles. The van der Waals surface area contributed by atoms with Crippen molar-refractivity contribution in [3.05, 3.63) is 46.8 Å². The number of furan rings is 1. The fraction of sp³-hybridized carbons (Fsp3) is 0.444. The van der Waals surface area contributed by atoms with Gasteiger partial charge in [0.1, 0.15) is 11.6 Å². The summed E-state index contributed by atoms with van der Waals surface area (Å²) >= 11 is 0. The first kappa shape index (κ1) is 17.2. The lowest BCUT2D eigenvalue weighted by Gasteiger charge is -2.13. The zero-order valence-corrected chi connectivity index (χ0v) is 14.2. The molecule has 23 heavy (non-hydrogen) atoms. The average molecular weight is 314 g/mol. The van der Waals surface area contributed by atoms with Crippen LogP contribution < -0.4 is 11.1 Å². The molecule has 2 rings (SSSR count). The van der Waals surface area contributed by atoms with E-state index in [1.165, 1.54) is 5.57 Å². The van der Waals surface area contributed by atoms with Gasteiger partial charge in [-0.05, 0) is 39.3 Å². The Bertz CT molecular complexity index is 639. The third-order valence-electron chi connectivity index (χ3n) is 3.67. The molecular weight excluding hydrogens is 288 g/mol. The first-order chi connectivity index (χ1) is 11.1. The second-order valence-electron chi connectivity index (χ2n) is 5.69. The van der Waals surface area contributed by atoms with Crippen molar-refractivity contribution in [2.75, 3.05) is 11.9 Å². The minimum atomic E-state index is 0.662. The molecule has 0 spiro atoms. The smallest absolute Gasteiger partial charge is 0.137 e. The molecule has 0 radical (unpaired) electrons. The summed E-state index contributed by atoms with van der Waals surface area (Å²) in [7, 11) is 0. The Morgan fingerprint density at radius 2 is 2.13 bits per heavy atom. The minimum absolute atomic E-state index is 0.662. The van der Waals surface area contributed by atoms with E-state index in [1.54, 1.807) is 12.5 Å². The van der Waals surface area contributed by atoms with Crippen LogP contribution in [0.3, 0.4) is 0 Å². The molecule has 124 valence electrons. The molecule has 0 aliphatic rings. The zero-order valence-electron chi connectivity index (χ0n) is 14.2. The Morgan fingerprint density at radius 1 is 1.30 bits per heavy atom. The van der Waals surface area contributed by atoms with Gasteiger partial charge in [-0.25, -0.2) is 9.97 Å². The highest BCUT2D eigenvalue weighted by Gasteiger charge is 2.10. The van der Waals surface area contributed by atoms with Gasteiger partial charge in [0.2, 0.25) is 0 Å². The van der Waals surface area contributed by atoms with E-state index < -0.39 is 0 Å². The first-order valence-corrected chi connectivity index (χ1v) is 8.13. The molecule has 0 atom stereocenters. The Hall–Kier alpha value is -2.14. The summed E-state index contributed by atoms with van der Waals surface area (Å²) < 4.78 is 5.11. The third kappa shape index (κ3) is 4.93. The number of rotatable bonds is 8. The summed E-state index contributed by atoms with van der Waals surface area (Å²) in [6, 6.07) is 1.94. The third-order valence-corrected chi connectivity index (χ3v) is 3.67. The van der Waals surface area contributed by atoms with Gasteiger partial charge < -0.3 is 15.5 Å². The topological polar surface area (TPSA) is 77.0 Å². The van der Waals surface area contributed by atoms with Crippen LogP contribution in [0.5, 0.6) is 0 Å². The molecule has 0 aliphatic heterocycles. The maximum absolute atomic E-state index is 5.74. The van der Waals surface area contributed by atoms with Gasteiger partial charge in [-0.1, -0.05) is 25.0 Å². The number of nitrogens with one attached hydrogen (secondary N) is 1. The second kappa shape index (κ2) is 8.48. The highest BCUT2D eigenvalue weighted by molar-refractivity contribution is 5.66. The van der Waals surface area contributed by atoms with Crippen molar-refractivity contribution in [3.63, 3.8) is 0 Å². The van der Waals surface area contributed by atoms with Crippen LogP contribution in [0.25, 0.3) is 6.08 Å². The molecule has 5 heteroatoms. The van der Waals surface area contributed by atoms with Gasteiger partial charge in [-0.3, -0.25) is 0 Å². The summed E-state index contributed by atoms with van der Waals surface area (Å²) in [5, 5.41) is 3.40. The Labute approximate surface area is 138 Å². The summed E-state index contributed by atoms with van der Waals surface area (Å²) in [4.78, 5) is 9.09. The van der Waals surface area contributed by atoms with Gasteiger partial charge in [0.05, 0.1) is 18.2 Å². The molecule has 0 unspecified atom stereocenters. The van der Waals surface area contributed by atoms with E-state index in [1.807, 2.05) is 19.9 Å². The fourth-order valence-corrected chi connectivity index (χ4v) is 2.59. The molecule has 0 saturated carbocycles. The summed E-state index contributed by atoms with van der Waals surface area (Å²) in [5.41, 5.74) is 10.2. The van der Waals surface area contributed by atoms with Gasteiger partial charge in [-0.2, -0.15) is 0 Å². The lowest BCUT2D eigenvalue weighted by molar-refractivity contribution is 0.564. The van der Waals surface area contributed by atoms with E-state index >= 15 is 0 Å². The van der Waals surface area contributed by atoms with Crippen molar-refractivity contribution < 1.29 is 4.42 Å². The van der Waals surface area contributed by atoms with Gasteiger partial charge in [-0.15, -0.1) is 0 Å². The van der Waals surface area contributed by atoms with E-state index in [0.717, 1.165) is 47.7 Å². The van der Waals surface area contributed by atoms with E-state index in [0.29, 0.717) is 13.1 Å². The van der Waals surface area contributed by atoms with Gasteiger partial charge in [0, 0.05) is 17.7 Å². The minimum Gasteiger partial charge on any atom is -0.472 e. The van der Waals surface area contributed by atoms with E-state index in [4.69, 9.17) is 10.2 Å². The number of aromatic nitrogens is 2. The Balaban J connectivity index is 2.30. The van der Waals surface area contributed by atoms with Crippen molar-refractivity contribution in [1.82, 2.24) is 9.97 Å². The van der Waals surface area contributed by atoms with E-state index in [-0.39, 0.29) is 0 Å². The van der Waals surface area contributed by atoms with Gasteiger partial charge >= 0.3 is 0 Å². The molecule has 5 nitrogen and oxygen atoms in total. The predicted octanol–water partition coefficient (Wildman–Crippen LogP) is 3.83. The number of aryl methyl sites for hydroxylation is 2. The number of anilines is 1. The van der Waals surface area contributed by atoms with Crippen molar-refractivity contribution in [2.24, 2.45) is 5.73 Å². The predicted molar refractivity (Wildman–Crippen MR) is 94.1 cm³/mol. The molecule has 0 fully saturated rings. The van der Waals surface area contributed by atoms with Gasteiger partial charge in [0.15, 0.2) is 0 Å². The largest absolute Gasteiger partial charge is 0.472 e. The van der Waals surface area contributed by atoms with Crippen LogP contribution in [0.15, 0.2) is 28.6 Å². The molecule has 0 saturated heterocycles. The van der Waals surface area contributed by atoms with Crippen LogP contribution >= 0.6 is 0 Å². The summed E-state index contributed by atoms with van der Waals surface area (Å²) in [6.07, 6.45) is 8.67. The molecular formula is C18H26N4O. The molecule has 0 bridgehead atoms. The van der Waals surface area contributed by atoms with Crippen LogP contribution in [0, 0.1) is 13.8 Å². The van der Waals surface area contributed by atoms with Crippen molar-refractivity contribution in [3.8, 4) is 0 Å². The van der Waals surface area contributed by atoms with Crippen molar-refractivity contribution in [2.45, 2.75) is 46.6 Å². The normalized spacial score (nSPS) is 11.7. The highest BCUT2D eigenvalue weighted by Crippen LogP contribution is 2.23. The lowest BCUT2D eigenvalue weighted by Crippen LogP contribution is -2.07. The number of nitrogens with zero attached hydrogens (tertiary/aromatic N) is 2. The summed E-state index contributed by atoms with van der Waals surface area (Å²) in [5.74, 6) is 1.63. The highest BCUT2D eigenvalue weighted by atomic mass is 16.3. The molecule has 0 aromatic carbocycles. The number of nitrogens with two attached hydrogens (primary N) is 1. The number of hydrogen-bond acceptors (Lipinski definition) is 5. The standard InChI is InChI=1S/C18H26N4O/c1-4-5-15(6-8-19)10-17-13(2)21-14(3)22-18(17)20-11-16-7-9-23-12-16/h7,9-10,12H,4-6,8,11,19H2,1-3H3,(H,20,21,22)/b15-10+. The monoisotopic (exact) mass is 314 g/mol. The number of hydrogen-bond donors (Lipinski definition) is 2. The average Bonchev–Trinajstić information content (AvgIpc) is 3.02. The Morgan fingerprint density at radius 3 is 2.78 bits per heavy atom. The van der Waals surface area contributed by atoms with E-state index in [2.05, 4.69) is 28.3 Å². The summed E-state index contributed by atoms with van der Waals surface area (Å²) in [6.45, 7) is 7.45. The zero-order chi connectivity index (χ0) is 16.7. The maximum Gasteiger partial charge on any atom is 0.137 e. The SMILES string of the molecule is CCC/C(=C\c1c(C)nc(C)nc1NCc1ccoc1)CCN. The van der Waals surface area contributed by atoms with Crippen LogP contribution in [-0.2, 0) is 6.54 Å². The van der Waals surface area contributed by atoms with Crippen LogP contribution in [0.2, 0.25) is 0 Å². The van der Waals surface area contributed by atoms with Crippen LogP contribution in [0.4, 0.5) is 5.82 Å². The van der Waals surface area contributed by atoms with Gasteiger partial charge in [0.25, 0.3) is 0 Å². The fourth-order valence-electron chi connectivity index (χ4n) is 2.59. The molecule has 0 aliphatic carbocycles. The molecule has 2 heterocycles. The quantitative estimate of drug-likeness (QED) is 0.774. The lowest BCUT2D eigenvalue weighted by atomic mass is 10.0. The maximum atomic E-state index is 5.74. The second-order valence-corrected chi connectivity index (χ2v) is 5.69. The van der Waals surface area contributed by atoms with Crippen LogP contribution in [-0.4, -0.2) is 16.5 Å². The first-order valence-electron chi connectivity index (χ1n) is 8.13. The van der Waals surface area contributed by atoms with Crippen LogP contribution in [0.1, 0.15) is 48.8 Å². The van der Waals surface area contributed by atoms with Crippen molar-refractivity contribution >= 4 is 11.9 Å². The molecule has 3 N–H and O–H groups in total. The van der Waals surface area contributed by atoms with E-state index in [9.17, 15) is 0 Å². The molecule has 2 aromatic rings. The molecule has 0 amide bonds. The Kier molecular flexibility index (Phi) is 6.35.